The molecule has 1 aromatic heterocycles. The number of carboxylic acids is 1. The summed E-state index contributed by atoms with van der Waals surface area (Å²) in [6, 6.07) is 0. The molecule has 0 bridgehead atoms. The van der Waals surface area contributed by atoms with E-state index in [0.29, 0.717) is 0 Å². The van der Waals surface area contributed by atoms with Gasteiger partial charge in [0.25, 0.3) is 0 Å². The topological polar surface area (TPSA) is 72.3 Å². The normalized spacial score (nSPS) is 24.3. The molecule has 0 unspecified atom stereocenters. The molecule has 0 radical (unpaired) electrons. The number of aromatic carboxylic acids is 1. The Morgan fingerprint density at radius 1 is 1.29 bits per heavy atom. The number of aromatic nitrogens is 2. The third-order valence-corrected chi connectivity index (χ3v) is 3.11. The Hall–Kier alpha value is -1.65. The highest BCUT2D eigenvalue weighted by Crippen LogP contribution is 2.27. The summed E-state index contributed by atoms with van der Waals surface area (Å²) in [5.41, 5.74) is -0.105. The number of rotatable bonds is 3. The van der Waals surface area contributed by atoms with E-state index >= 15 is 0 Å². The SMILES string of the molecule is CC1CCC(Oc2nccnc2C(=O)O)CC1. The number of nitrogens with zero attached hydrogens (tertiary/aromatic N) is 2. The molecular formula is C12H16N2O3. The van der Waals surface area contributed by atoms with Crippen LogP contribution in [0.5, 0.6) is 5.88 Å². The summed E-state index contributed by atoms with van der Waals surface area (Å²) in [6.07, 6.45) is 7.03. The minimum atomic E-state index is -1.10. The molecule has 0 aliphatic heterocycles. The summed E-state index contributed by atoms with van der Waals surface area (Å²) >= 11 is 0. The van der Waals surface area contributed by atoms with E-state index in [1.807, 2.05) is 0 Å². The highest BCUT2D eigenvalue weighted by atomic mass is 16.5. The molecule has 92 valence electrons. The summed E-state index contributed by atoms with van der Waals surface area (Å²) in [5.74, 6) is -0.229. The number of ether oxygens (including phenoxy) is 1. The molecule has 1 heterocycles. The van der Waals surface area contributed by atoms with Crippen LogP contribution in [0.2, 0.25) is 0 Å². The summed E-state index contributed by atoms with van der Waals surface area (Å²) in [4.78, 5) is 18.7. The summed E-state index contributed by atoms with van der Waals surface area (Å²) in [7, 11) is 0. The Kier molecular flexibility index (Phi) is 3.56. The second-order valence-corrected chi connectivity index (χ2v) is 4.51. The lowest BCUT2D eigenvalue weighted by Crippen LogP contribution is -2.24. The second kappa shape index (κ2) is 5.12. The number of carboxylic acid groups (broad SMARTS) is 1. The lowest BCUT2D eigenvalue weighted by Gasteiger charge is -2.26. The zero-order valence-electron chi connectivity index (χ0n) is 9.80. The lowest BCUT2D eigenvalue weighted by molar-refractivity contribution is 0.0673. The van der Waals surface area contributed by atoms with E-state index in [2.05, 4.69) is 16.9 Å². The van der Waals surface area contributed by atoms with Crippen molar-refractivity contribution >= 4 is 5.97 Å². The van der Waals surface area contributed by atoms with Crippen LogP contribution < -0.4 is 4.74 Å². The van der Waals surface area contributed by atoms with E-state index in [-0.39, 0.29) is 17.7 Å². The largest absolute Gasteiger partial charge is 0.476 e. The Morgan fingerprint density at radius 2 is 1.94 bits per heavy atom. The zero-order chi connectivity index (χ0) is 12.3. The maximum absolute atomic E-state index is 10.9. The molecule has 1 aliphatic rings. The van der Waals surface area contributed by atoms with Gasteiger partial charge in [0.15, 0.2) is 0 Å². The summed E-state index contributed by atoms with van der Waals surface area (Å²) in [5, 5.41) is 8.95. The molecule has 0 aromatic carbocycles. The van der Waals surface area contributed by atoms with Gasteiger partial charge in [0.2, 0.25) is 11.6 Å². The van der Waals surface area contributed by atoms with E-state index in [1.165, 1.54) is 12.4 Å². The Bertz CT molecular complexity index is 400. The highest BCUT2D eigenvalue weighted by molar-refractivity contribution is 5.87. The number of carbonyl (C=O) groups is 1. The van der Waals surface area contributed by atoms with Crippen LogP contribution in [-0.2, 0) is 0 Å². The Balaban J connectivity index is 2.05. The smallest absolute Gasteiger partial charge is 0.360 e. The van der Waals surface area contributed by atoms with E-state index in [0.717, 1.165) is 31.6 Å². The average Bonchev–Trinajstić information content (AvgIpc) is 2.32. The first-order valence-corrected chi connectivity index (χ1v) is 5.87. The van der Waals surface area contributed by atoms with Crippen molar-refractivity contribution in [1.29, 1.82) is 0 Å². The molecule has 5 heteroatoms. The fourth-order valence-electron chi connectivity index (χ4n) is 2.06. The molecule has 1 saturated carbocycles. The molecule has 5 nitrogen and oxygen atoms in total. The first kappa shape index (κ1) is 11.8. The monoisotopic (exact) mass is 236 g/mol. The molecule has 2 rings (SSSR count). The predicted molar refractivity (Wildman–Crippen MR) is 61.0 cm³/mol. The van der Waals surface area contributed by atoms with Crippen LogP contribution in [0.4, 0.5) is 0 Å². The lowest BCUT2D eigenvalue weighted by atomic mass is 9.89. The van der Waals surface area contributed by atoms with Gasteiger partial charge in [-0.1, -0.05) is 6.92 Å². The molecule has 1 fully saturated rings. The number of hydrogen-bond acceptors (Lipinski definition) is 4. The number of hydrogen-bond donors (Lipinski definition) is 1. The van der Waals surface area contributed by atoms with Crippen LogP contribution in [0.25, 0.3) is 0 Å². The Labute approximate surface area is 99.9 Å². The van der Waals surface area contributed by atoms with Crippen LogP contribution in [0.15, 0.2) is 12.4 Å². The van der Waals surface area contributed by atoms with Crippen molar-refractivity contribution in [3.05, 3.63) is 18.1 Å². The zero-order valence-corrected chi connectivity index (χ0v) is 9.80. The maximum atomic E-state index is 10.9. The average molecular weight is 236 g/mol. The summed E-state index contributed by atoms with van der Waals surface area (Å²) < 4.78 is 5.64. The molecule has 1 aliphatic carbocycles. The first-order chi connectivity index (χ1) is 8.16. The molecule has 0 spiro atoms. The van der Waals surface area contributed by atoms with Crippen molar-refractivity contribution in [1.82, 2.24) is 9.97 Å². The standard InChI is InChI=1S/C12H16N2O3/c1-8-2-4-9(5-3-8)17-11-10(12(15)16)13-6-7-14-11/h6-9H,2-5H2,1H3,(H,15,16). The molecule has 0 amide bonds. The minimum Gasteiger partial charge on any atom is -0.476 e. The van der Waals surface area contributed by atoms with Gasteiger partial charge < -0.3 is 9.84 Å². The van der Waals surface area contributed by atoms with Crippen molar-refractivity contribution < 1.29 is 14.6 Å². The van der Waals surface area contributed by atoms with Crippen molar-refractivity contribution in [3.63, 3.8) is 0 Å². The van der Waals surface area contributed by atoms with E-state index in [4.69, 9.17) is 9.84 Å². The van der Waals surface area contributed by atoms with Crippen molar-refractivity contribution in [2.45, 2.75) is 38.7 Å². The minimum absolute atomic E-state index is 0.0704. The molecule has 17 heavy (non-hydrogen) atoms. The molecular weight excluding hydrogens is 220 g/mol. The van der Waals surface area contributed by atoms with E-state index in [9.17, 15) is 4.79 Å². The fraction of sp³-hybridized carbons (Fsp3) is 0.583. The van der Waals surface area contributed by atoms with Gasteiger partial charge in [-0.3, -0.25) is 0 Å². The first-order valence-electron chi connectivity index (χ1n) is 5.87. The predicted octanol–water partition coefficient (Wildman–Crippen LogP) is 2.13. The fourth-order valence-corrected chi connectivity index (χ4v) is 2.06. The third kappa shape index (κ3) is 2.93. The highest BCUT2D eigenvalue weighted by Gasteiger charge is 2.22. The van der Waals surface area contributed by atoms with Gasteiger partial charge in [-0.05, 0) is 31.6 Å². The maximum Gasteiger partial charge on any atom is 0.360 e. The summed E-state index contributed by atoms with van der Waals surface area (Å²) in [6.45, 7) is 2.22. The van der Waals surface area contributed by atoms with Gasteiger partial charge in [0.1, 0.15) is 6.10 Å². The van der Waals surface area contributed by atoms with Crippen LogP contribution in [0.3, 0.4) is 0 Å². The molecule has 1 aromatic rings. The Morgan fingerprint density at radius 3 is 2.59 bits per heavy atom. The van der Waals surface area contributed by atoms with Gasteiger partial charge >= 0.3 is 5.97 Å². The second-order valence-electron chi connectivity index (χ2n) is 4.51. The molecule has 1 N–H and O–H groups in total. The van der Waals surface area contributed by atoms with Crippen molar-refractivity contribution in [3.8, 4) is 5.88 Å². The van der Waals surface area contributed by atoms with Gasteiger partial charge in [0, 0.05) is 12.4 Å². The molecule has 0 atom stereocenters. The van der Waals surface area contributed by atoms with Crippen LogP contribution in [0, 0.1) is 5.92 Å². The molecule has 0 saturated heterocycles. The van der Waals surface area contributed by atoms with Gasteiger partial charge in [-0.15, -0.1) is 0 Å². The van der Waals surface area contributed by atoms with E-state index < -0.39 is 5.97 Å². The van der Waals surface area contributed by atoms with Crippen LogP contribution >= 0.6 is 0 Å². The van der Waals surface area contributed by atoms with Gasteiger partial charge in [-0.25, -0.2) is 14.8 Å². The van der Waals surface area contributed by atoms with Gasteiger partial charge in [-0.2, -0.15) is 0 Å². The quantitative estimate of drug-likeness (QED) is 0.870. The van der Waals surface area contributed by atoms with Crippen LogP contribution in [0.1, 0.15) is 43.1 Å². The third-order valence-electron chi connectivity index (χ3n) is 3.11. The van der Waals surface area contributed by atoms with Gasteiger partial charge in [0.05, 0.1) is 0 Å². The van der Waals surface area contributed by atoms with Crippen molar-refractivity contribution in [2.24, 2.45) is 5.92 Å². The van der Waals surface area contributed by atoms with Crippen molar-refractivity contribution in [2.75, 3.05) is 0 Å². The van der Waals surface area contributed by atoms with Crippen LogP contribution in [-0.4, -0.2) is 27.1 Å². The van der Waals surface area contributed by atoms with E-state index in [1.54, 1.807) is 0 Å².